The Kier molecular flexibility index (Phi) is 6.11. The van der Waals surface area contributed by atoms with E-state index in [1.807, 2.05) is 25.1 Å². The van der Waals surface area contributed by atoms with Crippen LogP contribution < -0.4 is 10.3 Å². The molecule has 0 spiro atoms. The van der Waals surface area contributed by atoms with Gasteiger partial charge in [-0.15, -0.1) is 0 Å². The van der Waals surface area contributed by atoms with Gasteiger partial charge in [0, 0.05) is 6.07 Å². The normalized spacial score (nSPS) is 20.2. The number of hydrogen-bond acceptors (Lipinski definition) is 3. The van der Waals surface area contributed by atoms with Crippen LogP contribution in [0.1, 0.15) is 64.5 Å². The molecule has 1 saturated carbocycles. The number of unbranched alkanes of at least 4 members (excludes halogenated alkanes) is 2. The molecule has 1 N–H and O–H groups in total. The lowest BCUT2D eigenvalue weighted by Crippen LogP contribution is -2.15. The maximum atomic E-state index is 12.3. The van der Waals surface area contributed by atoms with Crippen LogP contribution in [0.2, 0.25) is 0 Å². The van der Waals surface area contributed by atoms with Crippen molar-refractivity contribution in [3.63, 3.8) is 0 Å². The Balaban J connectivity index is 1.53. The Morgan fingerprint density at radius 2 is 2.12 bits per heavy atom. The molecule has 0 radical (unpaired) electrons. The van der Waals surface area contributed by atoms with Crippen molar-refractivity contribution in [2.45, 2.75) is 65.2 Å². The molecule has 136 valence electrons. The lowest BCUT2D eigenvalue weighted by molar-refractivity contribution is 0.340. The molecule has 4 nitrogen and oxygen atoms in total. The van der Waals surface area contributed by atoms with Gasteiger partial charge in [-0.3, -0.25) is 4.79 Å². The fourth-order valence-corrected chi connectivity index (χ4v) is 4.06. The lowest BCUT2D eigenvalue weighted by Gasteiger charge is -2.14. The van der Waals surface area contributed by atoms with Gasteiger partial charge in [0.15, 0.2) is 0 Å². The molecule has 1 fully saturated rings. The molecule has 3 rings (SSSR count). The number of aryl methyl sites for hydroxylation is 1. The molecular weight excluding hydrogens is 312 g/mol. The van der Waals surface area contributed by atoms with Gasteiger partial charge in [-0.1, -0.05) is 45.4 Å². The highest BCUT2D eigenvalue weighted by Crippen LogP contribution is 2.34. The summed E-state index contributed by atoms with van der Waals surface area (Å²) in [7, 11) is 0. The maximum absolute atomic E-state index is 12.3. The summed E-state index contributed by atoms with van der Waals surface area (Å²) in [4.78, 5) is 19.8. The predicted molar refractivity (Wildman–Crippen MR) is 102 cm³/mol. The Bertz CT molecular complexity index is 753. The van der Waals surface area contributed by atoms with E-state index in [2.05, 4.69) is 16.9 Å². The Labute approximate surface area is 150 Å². The van der Waals surface area contributed by atoms with Gasteiger partial charge in [-0.25, -0.2) is 4.98 Å². The van der Waals surface area contributed by atoms with E-state index in [4.69, 9.17) is 4.74 Å². The summed E-state index contributed by atoms with van der Waals surface area (Å²) in [5.74, 6) is 2.61. The number of ether oxygens (including phenoxy) is 1. The number of nitrogens with zero attached hydrogens (tertiary/aromatic N) is 1. The van der Waals surface area contributed by atoms with E-state index >= 15 is 0 Å². The van der Waals surface area contributed by atoms with Crippen LogP contribution in [-0.2, 0) is 6.42 Å². The molecule has 2 aromatic rings. The zero-order valence-electron chi connectivity index (χ0n) is 15.5. The second-order valence-corrected chi connectivity index (χ2v) is 7.39. The fourth-order valence-electron chi connectivity index (χ4n) is 4.06. The standard InChI is InChI=1S/C21H30N2O2/c1-3-25-17-12-13-18-20(14-17)23-21(24)19(22-18)11-6-4-5-9-16-10-7-8-15(16)2/h12-16H,3-11H2,1-2H3,(H,23,24). The highest BCUT2D eigenvalue weighted by atomic mass is 16.5. The van der Waals surface area contributed by atoms with Gasteiger partial charge in [-0.05, 0) is 43.7 Å². The third-order valence-electron chi connectivity index (χ3n) is 5.57. The van der Waals surface area contributed by atoms with Crippen molar-refractivity contribution in [2.75, 3.05) is 6.61 Å². The van der Waals surface area contributed by atoms with Crippen LogP contribution in [0.15, 0.2) is 23.0 Å². The van der Waals surface area contributed by atoms with Crippen LogP contribution in [0.3, 0.4) is 0 Å². The summed E-state index contributed by atoms with van der Waals surface area (Å²) in [6.07, 6.45) is 9.85. The first-order valence-electron chi connectivity index (χ1n) is 9.83. The largest absolute Gasteiger partial charge is 0.494 e. The molecule has 2 atom stereocenters. The highest BCUT2D eigenvalue weighted by molar-refractivity contribution is 5.75. The molecular formula is C21H30N2O2. The minimum atomic E-state index is -0.0643. The van der Waals surface area contributed by atoms with Crippen molar-refractivity contribution >= 4 is 11.0 Å². The van der Waals surface area contributed by atoms with Gasteiger partial charge in [0.25, 0.3) is 5.56 Å². The number of H-pyrrole nitrogens is 1. The van der Waals surface area contributed by atoms with Crippen molar-refractivity contribution in [1.82, 2.24) is 9.97 Å². The first-order chi connectivity index (χ1) is 12.2. The molecule has 0 saturated heterocycles. The van der Waals surface area contributed by atoms with Crippen LogP contribution >= 0.6 is 0 Å². The molecule has 1 aliphatic rings. The Hall–Kier alpha value is -1.84. The van der Waals surface area contributed by atoms with Gasteiger partial charge in [-0.2, -0.15) is 0 Å². The lowest BCUT2D eigenvalue weighted by atomic mass is 9.92. The number of aromatic nitrogens is 2. The van der Waals surface area contributed by atoms with Crippen molar-refractivity contribution in [3.8, 4) is 5.75 Å². The van der Waals surface area contributed by atoms with Gasteiger partial charge >= 0.3 is 0 Å². The molecule has 1 aromatic carbocycles. The monoisotopic (exact) mass is 342 g/mol. The van der Waals surface area contributed by atoms with Crippen LogP contribution in [0.4, 0.5) is 0 Å². The predicted octanol–water partition coefficient (Wildman–Crippen LogP) is 4.86. The molecule has 0 amide bonds. The third-order valence-corrected chi connectivity index (χ3v) is 5.57. The fraction of sp³-hybridized carbons (Fsp3) is 0.619. The van der Waals surface area contributed by atoms with Crippen LogP contribution in [-0.4, -0.2) is 16.6 Å². The SMILES string of the molecule is CCOc1ccc2nc(CCCCCC3CCCC3C)c(=O)[nH]c2c1. The van der Waals surface area contributed by atoms with Gasteiger partial charge < -0.3 is 9.72 Å². The molecule has 2 unspecified atom stereocenters. The number of fused-ring (bicyclic) bond motifs is 1. The van der Waals surface area contributed by atoms with Gasteiger partial charge in [0.2, 0.25) is 0 Å². The van der Waals surface area contributed by atoms with E-state index in [0.717, 1.165) is 41.5 Å². The van der Waals surface area contributed by atoms with E-state index in [0.29, 0.717) is 12.3 Å². The summed E-state index contributed by atoms with van der Waals surface area (Å²) in [6, 6.07) is 5.67. The molecule has 0 bridgehead atoms. The molecule has 0 aliphatic heterocycles. The van der Waals surface area contributed by atoms with Crippen molar-refractivity contribution in [3.05, 3.63) is 34.2 Å². The average molecular weight is 342 g/mol. The van der Waals surface area contributed by atoms with E-state index < -0.39 is 0 Å². The summed E-state index contributed by atoms with van der Waals surface area (Å²) < 4.78 is 5.48. The number of aromatic amines is 1. The zero-order valence-corrected chi connectivity index (χ0v) is 15.5. The maximum Gasteiger partial charge on any atom is 0.270 e. The molecule has 4 heteroatoms. The molecule has 1 aromatic heterocycles. The minimum absolute atomic E-state index is 0.0643. The summed E-state index contributed by atoms with van der Waals surface area (Å²) >= 11 is 0. The van der Waals surface area contributed by atoms with Crippen LogP contribution in [0.25, 0.3) is 11.0 Å². The van der Waals surface area contributed by atoms with E-state index in [1.54, 1.807) is 0 Å². The molecule has 1 heterocycles. The smallest absolute Gasteiger partial charge is 0.270 e. The number of nitrogens with one attached hydrogen (secondary N) is 1. The second kappa shape index (κ2) is 8.50. The summed E-state index contributed by atoms with van der Waals surface area (Å²) in [5.41, 5.74) is 2.17. The first-order valence-corrected chi connectivity index (χ1v) is 9.83. The van der Waals surface area contributed by atoms with Crippen LogP contribution in [0, 0.1) is 11.8 Å². The zero-order chi connectivity index (χ0) is 17.6. The van der Waals surface area contributed by atoms with Crippen molar-refractivity contribution < 1.29 is 4.74 Å². The minimum Gasteiger partial charge on any atom is -0.494 e. The molecule has 1 aliphatic carbocycles. The average Bonchev–Trinajstić information content (AvgIpc) is 3.00. The number of rotatable bonds is 8. The quantitative estimate of drug-likeness (QED) is 0.697. The van der Waals surface area contributed by atoms with Crippen LogP contribution in [0.5, 0.6) is 5.75 Å². The van der Waals surface area contributed by atoms with Crippen molar-refractivity contribution in [2.24, 2.45) is 11.8 Å². The first kappa shape index (κ1) is 18.0. The Morgan fingerprint density at radius 3 is 2.88 bits per heavy atom. The van der Waals surface area contributed by atoms with E-state index in [9.17, 15) is 4.79 Å². The summed E-state index contributed by atoms with van der Waals surface area (Å²) in [5, 5.41) is 0. The third kappa shape index (κ3) is 4.62. The Morgan fingerprint density at radius 1 is 1.24 bits per heavy atom. The highest BCUT2D eigenvalue weighted by Gasteiger charge is 2.22. The summed E-state index contributed by atoms with van der Waals surface area (Å²) in [6.45, 7) is 4.95. The van der Waals surface area contributed by atoms with Crippen molar-refractivity contribution in [1.29, 1.82) is 0 Å². The van der Waals surface area contributed by atoms with Gasteiger partial charge in [0.1, 0.15) is 11.4 Å². The number of hydrogen-bond donors (Lipinski definition) is 1. The second-order valence-electron chi connectivity index (χ2n) is 7.39. The van der Waals surface area contributed by atoms with E-state index in [-0.39, 0.29) is 5.56 Å². The molecule has 25 heavy (non-hydrogen) atoms. The topological polar surface area (TPSA) is 55.0 Å². The number of benzene rings is 1. The van der Waals surface area contributed by atoms with E-state index in [1.165, 1.54) is 38.5 Å². The van der Waals surface area contributed by atoms with Gasteiger partial charge in [0.05, 0.1) is 17.6 Å².